The fourth-order valence-corrected chi connectivity index (χ4v) is 4.25. The van der Waals surface area contributed by atoms with Crippen LogP contribution in [0.5, 0.6) is 11.5 Å². The molecule has 32 heavy (non-hydrogen) atoms. The number of allylic oxidation sites excluding steroid dienone is 2. The summed E-state index contributed by atoms with van der Waals surface area (Å²) in [4.78, 5) is 17.8. The molecule has 3 aromatic rings. The SMILES string of the molecule is O=C(C=CC=Cc1ccc(O)c(O)c1)NCCN1CCC(c2c[nH]c3ccccc23)CC1. The Morgan fingerprint density at radius 1 is 1.09 bits per heavy atom. The lowest BCUT2D eigenvalue weighted by molar-refractivity contribution is -0.116. The van der Waals surface area contributed by atoms with Gasteiger partial charge >= 0.3 is 0 Å². The Bertz CT molecular complexity index is 1120. The van der Waals surface area contributed by atoms with Gasteiger partial charge in [0.2, 0.25) is 5.91 Å². The smallest absolute Gasteiger partial charge is 0.244 e. The van der Waals surface area contributed by atoms with Gasteiger partial charge in [-0.25, -0.2) is 0 Å². The number of benzene rings is 2. The Kier molecular flexibility index (Phi) is 6.92. The predicted octanol–water partition coefficient (Wildman–Crippen LogP) is 4.14. The minimum absolute atomic E-state index is 0.128. The van der Waals surface area contributed by atoms with Crippen LogP contribution in [-0.4, -0.2) is 52.2 Å². The first-order chi connectivity index (χ1) is 15.6. The van der Waals surface area contributed by atoms with Gasteiger partial charge in [0.25, 0.3) is 0 Å². The lowest BCUT2D eigenvalue weighted by Crippen LogP contribution is -2.38. The number of hydrogen-bond acceptors (Lipinski definition) is 4. The summed E-state index contributed by atoms with van der Waals surface area (Å²) in [6.07, 6.45) is 11.0. The summed E-state index contributed by atoms with van der Waals surface area (Å²) in [7, 11) is 0. The number of fused-ring (bicyclic) bond motifs is 1. The molecule has 166 valence electrons. The standard InChI is InChI=1S/C26H29N3O3/c30-24-10-9-19(17-25(24)31)5-1-4-8-26(32)27-13-16-29-14-11-20(12-15-29)22-18-28-23-7-3-2-6-21(22)23/h1-10,17-18,20,28,30-31H,11-16H2,(H,27,32). The van der Waals surface area contributed by atoms with Gasteiger partial charge in [0.1, 0.15) is 0 Å². The number of aromatic amines is 1. The highest BCUT2D eigenvalue weighted by Gasteiger charge is 2.22. The van der Waals surface area contributed by atoms with Crippen LogP contribution in [-0.2, 0) is 4.79 Å². The summed E-state index contributed by atoms with van der Waals surface area (Å²) in [6.45, 7) is 3.55. The molecule has 1 amide bonds. The maximum atomic E-state index is 12.0. The van der Waals surface area contributed by atoms with Crippen LogP contribution in [0.2, 0.25) is 0 Å². The lowest BCUT2D eigenvalue weighted by atomic mass is 9.89. The monoisotopic (exact) mass is 431 g/mol. The van der Waals surface area contributed by atoms with Crippen molar-refractivity contribution in [2.75, 3.05) is 26.2 Å². The molecule has 2 aromatic carbocycles. The van der Waals surface area contributed by atoms with E-state index in [1.54, 1.807) is 24.3 Å². The second-order valence-corrected chi connectivity index (χ2v) is 8.16. The van der Waals surface area contributed by atoms with E-state index in [2.05, 4.69) is 45.7 Å². The minimum Gasteiger partial charge on any atom is -0.504 e. The highest BCUT2D eigenvalue weighted by Crippen LogP contribution is 2.32. The summed E-state index contributed by atoms with van der Waals surface area (Å²) in [6, 6.07) is 13.0. The maximum Gasteiger partial charge on any atom is 0.244 e. The second-order valence-electron chi connectivity index (χ2n) is 8.16. The Morgan fingerprint density at radius 3 is 2.72 bits per heavy atom. The van der Waals surface area contributed by atoms with Crippen LogP contribution in [0.25, 0.3) is 17.0 Å². The molecule has 4 rings (SSSR count). The number of amides is 1. The molecular weight excluding hydrogens is 402 g/mol. The summed E-state index contributed by atoms with van der Waals surface area (Å²) in [5.41, 5.74) is 3.37. The number of carbonyl (C=O) groups is 1. The molecule has 0 spiro atoms. The fraction of sp³-hybridized carbons (Fsp3) is 0.269. The summed E-state index contributed by atoms with van der Waals surface area (Å²) in [5, 5.41) is 23.1. The van der Waals surface area contributed by atoms with E-state index in [9.17, 15) is 15.0 Å². The molecule has 0 aliphatic carbocycles. The highest BCUT2D eigenvalue weighted by molar-refractivity contribution is 5.87. The number of nitrogens with one attached hydrogen (secondary N) is 2. The number of phenols is 2. The minimum atomic E-state index is -0.167. The molecule has 0 unspecified atom stereocenters. The molecule has 0 bridgehead atoms. The Labute approximate surface area is 187 Å². The number of phenolic OH excluding ortho intramolecular Hbond substituents is 2. The van der Waals surface area contributed by atoms with Crippen molar-refractivity contribution in [1.29, 1.82) is 0 Å². The van der Waals surface area contributed by atoms with Crippen molar-refractivity contribution in [3.05, 3.63) is 78.0 Å². The summed E-state index contributed by atoms with van der Waals surface area (Å²) < 4.78 is 0. The van der Waals surface area contributed by atoms with Gasteiger partial charge in [-0.3, -0.25) is 4.79 Å². The van der Waals surface area contributed by atoms with Crippen molar-refractivity contribution >= 4 is 22.9 Å². The first-order valence-electron chi connectivity index (χ1n) is 11.0. The van der Waals surface area contributed by atoms with Gasteiger partial charge in [-0.1, -0.05) is 42.5 Å². The number of hydrogen-bond donors (Lipinski definition) is 4. The number of aromatic hydroxyl groups is 2. The molecule has 0 radical (unpaired) electrons. The van der Waals surface area contributed by atoms with Crippen LogP contribution in [0.15, 0.2) is 66.9 Å². The van der Waals surface area contributed by atoms with Gasteiger partial charge in [-0.05, 0) is 61.2 Å². The van der Waals surface area contributed by atoms with Gasteiger partial charge in [-0.2, -0.15) is 0 Å². The van der Waals surface area contributed by atoms with E-state index in [1.165, 1.54) is 34.7 Å². The average molecular weight is 432 g/mol. The van der Waals surface area contributed by atoms with Crippen LogP contribution in [0.1, 0.15) is 29.9 Å². The quantitative estimate of drug-likeness (QED) is 0.257. The van der Waals surface area contributed by atoms with E-state index < -0.39 is 0 Å². The molecule has 1 aliphatic rings. The molecule has 1 aromatic heterocycles. The van der Waals surface area contributed by atoms with Crippen molar-refractivity contribution in [3.8, 4) is 11.5 Å². The molecule has 4 N–H and O–H groups in total. The van der Waals surface area contributed by atoms with Crippen molar-refractivity contribution in [2.24, 2.45) is 0 Å². The molecule has 6 nitrogen and oxygen atoms in total. The molecule has 2 heterocycles. The van der Waals surface area contributed by atoms with Gasteiger partial charge in [0, 0.05) is 36.3 Å². The summed E-state index contributed by atoms with van der Waals surface area (Å²) in [5.74, 6) is 0.137. The third-order valence-electron chi connectivity index (χ3n) is 6.02. The number of aromatic nitrogens is 1. The molecule has 1 aliphatic heterocycles. The fourth-order valence-electron chi connectivity index (χ4n) is 4.25. The molecular formula is C26H29N3O3. The van der Waals surface area contributed by atoms with E-state index in [-0.39, 0.29) is 17.4 Å². The molecule has 6 heteroatoms. The lowest BCUT2D eigenvalue weighted by Gasteiger charge is -2.31. The Hall–Kier alpha value is -3.51. The highest BCUT2D eigenvalue weighted by atomic mass is 16.3. The normalized spacial score (nSPS) is 15.8. The summed E-state index contributed by atoms with van der Waals surface area (Å²) >= 11 is 0. The van der Waals surface area contributed by atoms with Crippen LogP contribution in [0, 0.1) is 0 Å². The first kappa shape index (κ1) is 21.7. The van der Waals surface area contributed by atoms with E-state index in [0.29, 0.717) is 12.5 Å². The number of likely N-dealkylation sites (tertiary alicyclic amines) is 1. The van der Waals surface area contributed by atoms with Crippen LogP contribution in [0.3, 0.4) is 0 Å². The van der Waals surface area contributed by atoms with E-state index in [1.807, 2.05) is 0 Å². The van der Waals surface area contributed by atoms with E-state index in [4.69, 9.17) is 0 Å². The Morgan fingerprint density at radius 2 is 1.91 bits per heavy atom. The average Bonchev–Trinajstić information content (AvgIpc) is 3.24. The zero-order chi connectivity index (χ0) is 22.3. The van der Waals surface area contributed by atoms with Crippen LogP contribution in [0.4, 0.5) is 0 Å². The third-order valence-corrected chi connectivity index (χ3v) is 6.02. The van der Waals surface area contributed by atoms with Crippen molar-refractivity contribution < 1.29 is 15.0 Å². The number of carbonyl (C=O) groups excluding carboxylic acids is 1. The molecule has 1 saturated heterocycles. The number of para-hydroxylation sites is 1. The maximum absolute atomic E-state index is 12.0. The van der Waals surface area contributed by atoms with Crippen molar-refractivity contribution in [3.63, 3.8) is 0 Å². The Balaban J connectivity index is 1.17. The molecule has 1 fully saturated rings. The number of nitrogens with zero attached hydrogens (tertiary/aromatic N) is 1. The van der Waals surface area contributed by atoms with E-state index in [0.717, 1.165) is 38.0 Å². The molecule has 0 atom stereocenters. The zero-order valence-corrected chi connectivity index (χ0v) is 18.0. The molecule has 0 saturated carbocycles. The van der Waals surface area contributed by atoms with E-state index >= 15 is 0 Å². The number of H-pyrrole nitrogens is 1. The van der Waals surface area contributed by atoms with Crippen molar-refractivity contribution in [2.45, 2.75) is 18.8 Å². The first-order valence-corrected chi connectivity index (χ1v) is 11.0. The number of rotatable bonds is 7. The van der Waals surface area contributed by atoms with Gasteiger partial charge < -0.3 is 25.4 Å². The largest absolute Gasteiger partial charge is 0.504 e. The third kappa shape index (κ3) is 5.39. The van der Waals surface area contributed by atoms with Crippen molar-refractivity contribution in [1.82, 2.24) is 15.2 Å². The van der Waals surface area contributed by atoms with Crippen LogP contribution >= 0.6 is 0 Å². The topological polar surface area (TPSA) is 88.6 Å². The second kappa shape index (κ2) is 10.2. The number of piperidine rings is 1. The predicted molar refractivity (Wildman–Crippen MR) is 128 cm³/mol. The van der Waals surface area contributed by atoms with Crippen LogP contribution < -0.4 is 5.32 Å². The van der Waals surface area contributed by atoms with Gasteiger partial charge in [-0.15, -0.1) is 0 Å². The zero-order valence-electron chi connectivity index (χ0n) is 18.0. The van der Waals surface area contributed by atoms with Gasteiger partial charge in [0.15, 0.2) is 11.5 Å². The van der Waals surface area contributed by atoms with Gasteiger partial charge in [0.05, 0.1) is 0 Å².